The molecule has 4 aromatic rings. The molecule has 47 heavy (non-hydrogen) atoms. The number of nitrogens with one attached hydrogen (secondary N) is 1. The fourth-order valence-corrected chi connectivity index (χ4v) is 6.77. The third-order valence-electron chi connectivity index (χ3n) is 10.0. The normalized spacial score (nSPS) is 17.4. The summed E-state index contributed by atoms with van der Waals surface area (Å²) in [6.07, 6.45) is 7.25. The Morgan fingerprint density at radius 1 is 0.830 bits per heavy atom. The van der Waals surface area contributed by atoms with Crippen molar-refractivity contribution in [2.24, 2.45) is 0 Å². The van der Waals surface area contributed by atoms with Gasteiger partial charge in [0.25, 0.3) is 5.56 Å². The lowest BCUT2D eigenvalue weighted by atomic mass is 9.92. The van der Waals surface area contributed by atoms with E-state index in [0.29, 0.717) is 74.3 Å². The highest BCUT2D eigenvalue weighted by molar-refractivity contribution is 5.95. The molecule has 0 bridgehead atoms. The number of nitriles is 2. The SMILES string of the molecule is CCc1cc2c(N3CCC(C)(On4c(=O)c(C#N)c(N5CCC(C)(OC)CC5)c5cc(CC)ncc54)CC3)c(C#N)c(=O)[nH]c2cn1. The zero-order valence-corrected chi connectivity index (χ0v) is 27.6. The van der Waals surface area contributed by atoms with Gasteiger partial charge >= 0.3 is 5.56 Å². The molecule has 0 unspecified atom stereocenters. The number of fused-ring (bicyclic) bond motifs is 2. The number of ether oxygens (including phenoxy) is 1. The summed E-state index contributed by atoms with van der Waals surface area (Å²) in [4.78, 5) is 49.5. The van der Waals surface area contributed by atoms with Crippen molar-refractivity contribution in [1.82, 2.24) is 19.7 Å². The molecule has 6 rings (SSSR count). The lowest BCUT2D eigenvalue weighted by Gasteiger charge is -2.41. The maximum atomic E-state index is 14.1. The molecule has 2 saturated heterocycles. The Kier molecular flexibility index (Phi) is 8.41. The number of aromatic nitrogens is 4. The lowest BCUT2D eigenvalue weighted by molar-refractivity contribution is -0.0551. The average Bonchev–Trinajstić information content (AvgIpc) is 3.09. The first-order valence-electron chi connectivity index (χ1n) is 16.2. The van der Waals surface area contributed by atoms with E-state index in [9.17, 15) is 20.1 Å². The van der Waals surface area contributed by atoms with E-state index in [4.69, 9.17) is 9.57 Å². The summed E-state index contributed by atoms with van der Waals surface area (Å²) < 4.78 is 7.00. The number of rotatable bonds is 7. The second-order valence-electron chi connectivity index (χ2n) is 13.0. The highest BCUT2D eigenvalue weighted by atomic mass is 16.7. The maximum Gasteiger partial charge on any atom is 0.303 e. The van der Waals surface area contributed by atoms with Gasteiger partial charge in [0.15, 0.2) is 0 Å². The molecule has 0 amide bonds. The van der Waals surface area contributed by atoms with Crippen LogP contribution in [-0.4, -0.2) is 64.2 Å². The summed E-state index contributed by atoms with van der Waals surface area (Å²) >= 11 is 0. The Bertz CT molecular complexity index is 2060. The van der Waals surface area contributed by atoms with E-state index in [1.807, 2.05) is 37.8 Å². The topological polar surface area (TPSA) is 153 Å². The van der Waals surface area contributed by atoms with Crippen LogP contribution in [0, 0.1) is 22.7 Å². The maximum absolute atomic E-state index is 14.1. The van der Waals surface area contributed by atoms with E-state index in [1.54, 1.807) is 19.5 Å². The molecular formula is C35H40N8O4. The van der Waals surface area contributed by atoms with E-state index in [1.165, 1.54) is 4.73 Å². The smallest absolute Gasteiger partial charge is 0.303 e. The fraction of sp³-hybridized carbons (Fsp3) is 0.486. The summed E-state index contributed by atoms with van der Waals surface area (Å²) in [5.41, 5.74) is 2.12. The van der Waals surface area contributed by atoms with E-state index in [2.05, 4.69) is 38.9 Å². The minimum Gasteiger partial charge on any atom is -0.404 e. The van der Waals surface area contributed by atoms with Crippen LogP contribution in [-0.2, 0) is 17.6 Å². The summed E-state index contributed by atoms with van der Waals surface area (Å²) in [5.74, 6) is 0. The number of nitrogens with zero attached hydrogens (tertiary/aromatic N) is 7. The Hall–Kier alpha value is -4.94. The number of anilines is 2. The largest absolute Gasteiger partial charge is 0.404 e. The summed E-state index contributed by atoms with van der Waals surface area (Å²) in [6.45, 7) is 10.3. The average molecular weight is 637 g/mol. The first-order chi connectivity index (χ1) is 22.6. The molecule has 12 heteroatoms. The number of pyridine rings is 4. The van der Waals surface area contributed by atoms with Crippen LogP contribution >= 0.6 is 0 Å². The summed E-state index contributed by atoms with van der Waals surface area (Å²) in [6, 6.07) is 8.20. The molecule has 4 aromatic heterocycles. The second kappa shape index (κ2) is 12.3. The Morgan fingerprint density at radius 2 is 1.36 bits per heavy atom. The molecule has 12 nitrogen and oxygen atoms in total. The Balaban J connectivity index is 1.36. The molecule has 0 radical (unpaired) electrons. The van der Waals surface area contributed by atoms with Gasteiger partial charge in [0.1, 0.15) is 34.4 Å². The van der Waals surface area contributed by atoms with E-state index >= 15 is 0 Å². The van der Waals surface area contributed by atoms with Gasteiger partial charge in [-0.3, -0.25) is 19.6 Å². The van der Waals surface area contributed by atoms with Crippen LogP contribution in [0.2, 0.25) is 0 Å². The van der Waals surface area contributed by atoms with Gasteiger partial charge in [0.05, 0.1) is 34.9 Å². The van der Waals surface area contributed by atoms with E-state index in [-0.39, 0.29) is 16.7 Å². The van der Waals surface area contributed by atoms with Gasteiger partial charge in [-0.05, 0) is 51.7 Å². The highest BCUT2D eigenvalue weighted by Gasteiger charge is 2.37. The van der Waals surface area contributed by atoms with Crippen molar-refractivity contribution in [2.45, 2.75) is 77.4 Å². The van der Waals surface area contributed by atoms with Crippen LogP contribution in [0.3, 0.4) is 0 Å². The van der Waals surface area contributed by atoms with Crippen molar-refractivity contribution in [3.05, 3.63) is 67.7 Å². The number of aryl methyl sites for hydroxylation is 2. The Labute approximate surface area is 273 Å². The fourth-order valence-electron chi connectivity index (χ4n) is 6.77. The number of H-pyrrole nitrogens is 1. The first kappa shape index (κ1) is 32.0. The quantitative estimate of drug-likeness (QED) is 0.315. The van der Waals surface area contributed by atoms with Crippen LogP contribution in [0.1, 0.15) is 75.9 Å². The van der Waals surface area contributed by atoms with Gasteiger partial charge < -0.3 is 24.4 Å². The number of hydrogen-bond donors (Lipinski definition) is 1. The highest BCUT2D eigenvalue weighted by Crippen LogP contribution is 2.36. The summed E-state index contributed by atoms with van der Waals surface area (Å²) in [5, 5.41) is 21.9. The first-order valence-corrected chi connectivity index (χ1v) is 16.2. The lowest BCUT2D eigenvalue weighted by Crippen LogP contribution is -2.51. The van der Waals surface area contributed by atoms with Crippen molar-refractivity contribution in [1.29, 1.82) is 10.5 Å². The van der Waals surface area contributed by atoms with Crippen molar-refractivity contribution < 1.29 is 9.57 Å². The van der Waals surface area contributed by atoms with Crippen molar-refractivity contribution >= 4 is 33.2 Å². The molecule has 0 spiro atoms. The van der Waals surface area contributed by atoms with Gasteiger partial charge in [-0.25, -0.2) is 0 Å². The van der Waals surface area contributed by atoms with Crippen LogP contribution in [0.15, 0.2) is 34.1 Å². The number of aromatic amines is 1. The van der Waals surface area contributed by atoms with Crippen LogP contribution in [0.4, 0.5) is 11.4 Å². The molecule has 0 saturated carbocycles. The molecule has 244 valence electrons. The minimum absolute atomic E-state index is 0.0433. The van der Waals surface area contributed by atoms with Crippen LogP contribution in [0.5, 0.6) is 0 Å². The zero-order chi connectivity index (χ0) is 33.5. The van der Waals surface area contributed by atoms with Crippen molar-refractivity contribution in [3.63, 3.8) is 0 Å². The third-order valence-corrected chi connectivity index (χ3v) is 10.0. The molecule has 2 fully saturated rings. The van der Waals surface area contributed by atoms with Crippen LogP contribution in [0.25, 0.3) is 21.8 Å². The molecule has 2 aliphatic rings. The van der Waals surface area contributed by atoms with E-state index < -0.39 is 16.7 Å². The zero-order valence-electron chi connectivity index (χ0n) is 27.6. The molecule has 6 heterocycles. The number of methoxy groups -OCH3 is 1. The van der Waals surface area contributed by atoms with Gasteiger partial charge in [0.2, 0.25) is 0 Å². The molecular weight excluding hydrogens is 596 g/mol. The third kappa shape index (κ3) is 5.68. The standard InChI is InChI=1S/C35H40N8O4/c1-6-22-16-24-28(20-38-22)40-32(44)26(18-36)30(24)41-14-10-35(4,11-15-41)47-43-29-21-39-23(7-2)17-25(29)31(27(19-37)33(43)45)42-12-8-34(3,46-5)9-13-42/h16-17,20-21H,6-15H2,1-5H3,(H,40,44). The van der Waals surface area contributed by atoms with Gasteiger partial charge in [-0.1, -0.05) is 13.8 Å². The monoisotopic (exact) mass is 636 g/mol. The molecule has 0 atom stereocenters. The molecule has 0 aliphatic carbocycles. The molecule has 0 aromatic carbocycles. The summed E-state index contributed by atoms with van der Waals surface area (Å²) in [7, 11) is 1.72. The predicted molar refractivity (Wildman–Crippen MR) is 180 cm³/mol. The Morgan fingerprint density at radius 3 is 1.91 bits per heavy atom. The van der Waals surface area contributed by atoms with Gasteiger partial charge in [-0.15, -0.1) is 4.73 Å². The second-order valence-corrected chi connectivity index (χ2v) is 13.0. The number of piperidine rings is 2. The van der Waals surface area contributed by atoms with E-state index in [0.717, 1.165) is 35.0 Å². The van der Waals surface area contributed by atoms with Gasteiger partial charge in [0, 0.05) is 68.3 Å². The number of hydrogen-bond acceptors (Lipinski definition) is 10. The predicted octanol–water partition coefficient (Wildman–Crippen LogP) is 3.99. The van der Waals surface area contributed by atoms with Gasteiger partial charge in [-0.2, -0.15) is 10.5 Å². The van der Waals surface area contributed by atoms with Crippen molar-refractivity contribution in [3.8, 4) is 12.1 Å². The minimum atomic E-state index is -0.781. The van der Waals surface area contributed by atoms with Crippen molar-refractivity contribution in [2.75, 3.05) is 43.1 Å². The molecule has 1 N–H and O–H groups in total. The van der Waals surface area contributed by atoms with Crippen LogP contribution < -0.4 is 25.8 Å². The molecule has 2 aliphatic heterocycles.